The highest BCUT2D eigenvalue weighted by atomic mass is 28.4. The largest absolute Gasteiger partial charge is 0.515 e. The van der Waals surface area contributed by atoms with E-state index < -0.39 is 20.4 Å². The SMILES string of the molecule is CCOC(=O)n1c(C(=O)O[Si](C)(C)C(C)(C)C)cc2ccccc21. The summed E-state index contributed by atoms with van der Waals surface area (Å²) in [6.07, 6.45) is -0.569. The fourth-order valence-corrected chi connectivity index (χ4v) is 3.00. The lowest BCUT2D eigenvalue weighted by atomic mass is 10.2. The molecule has 1 aromatic heterocycles. The Labute approximate surface area is 143 Å². The molecule has 0 radical (unpaired) electrons. The number of ether oxygens (including phenoxy) is 1. The maximum Gasteiger partial charge on any atom is 0.419 e. The van der Waals surface area contributed by atoms with Gasteiger partial charge in [0.15, 0.2) is 0 Å². The number of carbonyl (C=O) groups is 2. The van der Waals surface area contributed by atoms with Gasteiger partial charge in [-0.1, -0.05) is 39.0 Å². The van der Waals surface area contributed by atoms with E-state index >= 15 is 0 Å². The minimum absolute atomic E-state index is 0.108. The lowest BCUT2D eigenvalue weighted by Crippen LogP contribution is -2.43. The highest BCUT2D eigenvalue weighted by Gasteiger charge is 2.41. The predicted octanol–water partition coefficient (Wildman–Crippen LogP) is 4.81. The lowest BCUT2D eigenvalue weighted by molar-refractivity contribution is 0.0698. The van der Waals surface area contributed by atoms with E-state index in [1.54, 1.807) is 19.1 Å². The van der Waals surface area contributed by atoms with Crippen molar-refractivity contribution < 1.29 is 18.8 Å². The summed E-state index contributed by atoms with van der Waals surface area (Å²) in [5, 5.41) is 0.691. The molecule has 24 heavy (non-hydrogen) atoms. The molecule has 2 aromatic rings. The van der Waals surface area contributed by atoms with Gasteiger partial charge in [-0.2, -0.15) is 0 Å². The summed E-state index contributed by atoms with van der Waals surface area (Å²) in [7, 11) is -2.29. The average Bonchev–Trinajstić information content (AvgIpc) is 2.85. The van der Waals surface area contributed by atoms with Crippen molar-refractivity contribution in [1.29, 1.82) is 0 Å². The summed E-state index contributed by atoms with van der Waals surface area (Å²) >= 11 is 0. The zero-order chi connectivity index (χ0) is 18.1. The molecule has 0 spiro atoms. The van der Waals surface area contributed by atoms with Crippen LogP contribution < -0.4 is 0 Å². The monoisotopic (exact) mass is 347 g/mol. The van der Waals surface area contributed by atoms with Crippen LogP contribution in [0.2, 0.25) is 18.1 Å². The van der Waals surface area contributed by atoms with Gasteiger partial charge in [0, 0.05) is 5.39 Å². The lowest BCUT2D eigenvalue weighted by Gasteiger charge is -2.35. The molecule has 0 unspecified atom stereocenters. The van der Waals surface area contributed by atoms with Crippen LogP contribution in [0.4, 0.5) is 4.79 Å². The molecule has 0 saturated heterocycles. The van der Waals surface area contributed by atoms with Crippen LogP contribution in [0, 0.1) is 0 Å². The Morgan fingerprint density at radius 1 is 1.17 bits per heavy atom. The van der Waals surface area contributed by atoms with Gasteiger partial charge in [-0.3, -0.25) is 0 Å². The van der Waals surface area contributed by atoms with Gasteiger partial charge in [-0.05, 0) is 37.2 Å². The van der Waals surface area contributed by atoms with E-state index in [-0.39, 0.29) is 17.3 Å². The number of nitrogens with zero attached hydrogens (tertiary/aromatic N) is 1. The minimum Gasteiger partial charge on any atom is -0.515 e. The van der Waals surface area contributed by atoms with Gasteiger partial charge in [0.25, 0.3) is 8.32 Å². The highest BCUT2D eigenvalue weighted by Crippen LogP contribution is 2.37. The van der Waals surface area contributed by atoms with E-state index in [1.165, 1.54) is 4.57 Å². The fourth-order valence-electron chi connectivity index (χ4n) is 2.13. The number of benzene rings is 1. The summed E-state index contributed by atoms with van der Waals surface area (Å²) in [4.78, 5) is 25.1. The normalized spacial score (nSPS) is 12.2. The maximum absolute atomic E-state index is 12.8. The molecule has 6 heteroatoms. The molecule has 5 nitrogen and oxygen atoms in total. The van der Waals surface area contributed by atoms with Crippen molar-refractivity contribution >= 4 is 31.3 Å². The predicted molar refractivity (Wildman–Crippen MR) is 97.0 cm³/mol. The first-order valence-corrected chi connectivity index (χ1v) is 11.0. The van der Waals surface area contributed by atoms with Gasteiger partial charge in [0.05, 0.1) is 12.1 Å². The molecule has 0 saturated carbocycles. The second-order valence-electron chi connectivity index (χ2n) is 7.27. The second kappa shape index (κ2) is 6.43. The Morgan fingerprint density at radius 2 is 1.79 bits per heavy atom. The summed E-state index contributed by atoms with van der Waals surface area (Å²) < 4.78 is 12.3. The zero-order valence-electron chi connectivity index (χ0n) is 15.2. The molecular weight excluding hydrogens is 322 g/mol. The van der Waals surface area contributed by atoms with Gasteiger partial charge in [-0.25, -0.2) is 14.2 Å². The van der Waals surface area contributed by atoms with Gasteiger partial charge in [-0.15, -0.1) is 0 Å². The molecule has 2 rings (SSSR count). The van der Waals surface area contributed by atoms with E-state index in [1.807, 2.05) is 31.3 Å². The summed E-state index contributed by atoms with van der Waals surface area (Å²) in [5.41, 5.74) is 0.845. The molecular formula is C18H25NO4Si. The molecule has 0 atom stereocenters. The van der Waals surface area contributed by atoms with Gasteiger partial charge in [0.2, 0.25) is 0 Å². The summed E-state index contributed by atoms with van der Waals surface area (Å²) in [6, 6.07) is 9.01. The van der Waals surface area contributed by atoms with Crippen LogP contribution in [0.3, 0.4) is 0 Å². The Hall–Kier alpha value is -2.08. The molecule has 0 bridgehead atoms. The topological polar surface area (TPSA) is 57.5 Å². The van der Waals surface area contributed by atoms with Crippen molar-refractivity contribution in [3.8, 4) is 0 Å². The van der Waals surface area contributed by atoms with Crippen molar-refractivity contribution in [2.75, 3.05) is 6.61 Å². The molecule has 0 aliphatic rings. The number of aromatic nitrogens is 1. The summed E-state index contributed by atoms with van der Waals surface area (Å²) in [5.74, 6) is -0.481. The molecule has 0 N–H and O–H groups in total. The van der Waals surface area contributed by atoms with Crippen molar-refractivity contribution in [2.45, 2.75) is 45.8 Å². The first-order valence-electron chi connectivity index (χ1n) is 8.09. The zero-order valence-corrected chi connectivity index (χ0v) is 16.2. The van der Waals surface area contributed by atoms with Crippen molar-refractivity contribution in [3.05, 3.63) is 36.0 Å². The third-order valence-electron chi connectivity index (χ3n) is 4.52. The second-order valence-corrected chi connectivity index (χ2v) is 12.0. The van der Waals surface area contributed by atoms with Gasteiger partial charge in [0.1, 0.15) is 5.69 Å². The van der Waals surface area contributed by atoms with E-state index in [4.69, 9.17) is 9.16 Å². The van der Waals surface area contributed by atoms with Crippen LogP contribution in [0.25, 0.3) is 10.9 Å². The molecule has 0 aliphatic heterocycles. The quantitative estimate of drug-likeness (QED) is 0.748. The van der Waals surface area contributed by atoms with E-state index in [2.05, 4.69) is 20.8 Å². The van der Waals surface area contributed by atoms with Crippen LogP contribution >= 0.6 is 0 Å². The number of hydrogen-bond acceptors (Lipinski definition) is 4. The molecule has 130 valence electrons. The fraction of sp³-hybridized carbons (Fsp3) is 0.444. The summed E-state index contributed by atoms with van der Waals surface area (Å²) in [6.45, 7) is 12.2. The third-order valence-corrected chi connectivity index (χ3v) is 8.83. The first kappa shape index (κ1) is 18.3. The number of hydrogen-bond donors (Lipinski definition) is 0. The van der Waals surface area contributed by atoms with Crippen LogP contribution in [0.1, 0.15) is 38.2 Å². The number of para-hydroxylation sites is 1. The van der Waals surface area contributed by atoms with Crippen LogP contribution in [0.5, 0.6) is 0 Å². The molecule has 0 amide bonds. The van der Waals surface area contributed by atoms with E-state index in [9.17, 15) is 9.59 Å². The van der Waals surface area contributed by atoms with Crippen LogP contribution in [-0.4, -0.2) is 31.6 Å². The Morgan fingerprint density at radius 3 is 2.38 bits per heavy atom. The molecule has 1 aromatic carbocycles. The standard InChI is InChI=1S/C18H25NO4Si/c1-7-22-17(21)19-14-11-9-8-10-13(14)12-15(19)16(20)23-24(5,6)18(2,3)4/h8-12H,7H2,1-6H3. The Balaban J connectivity index is 2.50. The molecule has 0 aliphatic carbocycles. The Bertz CT molecular complexity index is 771. The number of rotatable bonds is 3. The van der Waals surface area contributed by atoms with Crippen molar-refractivity contribution in [2.24, 2.45) is 0 Å². The van der Waals surface area contributed by atoms with Crippen LogP contribution in [-0.2, 0) is 9.16 Å². The third kappa shape index (κ3) is 3.38. The van der Waals surface area contributed by atoms with Gasteiger partial charge >= 0.3 is 12.1 Å². The van der Waals surface area contributed by atoms with Crippen LogP contribution in [0.15, 0.2) is 30.3 Å². The smallest absolute Gasteiger partial charge is 0.419 e. The highest BCUT2D eigenvalue weighted by molar-refractivity contribution is 6.75. The first-order chi connectivity index (χ1) is 11.1. The average molecular weight is 347 g/mol. The van der Waals surface area contributed by atoms with Crippen molar-refractivity contribution in [1.82, 2.24) is 4.57 Å². The van der Waals surface area contributed by atoms with E-state index in [0.717, 1.165) is 5.39 Å². The molecule has 1 heterocycles. The Kier molecular flexibility index (Phi) is 4.89. The van der Waals surface area contributed by atoms with E-state index in [0.29, 0.717) is 5.52 Å². The number of fused-ring (bicyclic) bond motifs is 1. The minimum atomic E-state index is -2.29. The maximum atomic E-state index is 12.8. The van der Waals surface area contributed by atoms with Gasteiger partial charge < -0.3 is 9.16 Å². The van der Waals surface area contributed by atoms with Crippen molar-refractivity contribution in [3.63, 3.8) is 0 Å². The molecule has 0 fully saturated rings. The number of carbonyl (C=O) groups excluding carboxylic acids is 2.